The predicted molar refractivity (Wildman–Crippen MR) is 50.7 cm³/mol. The molecule has 0 aliphatic heterocycles. The van der Waals surface area contributed by atoms with Gasteiger partial charge in [-0.15, -0.1) is 0 Å². The Bertz CT molecular complexity index is 143. The highest BCUT2D eigenvalue weighted by Gasteiger charge is 1.96. The summed E-state index contributed by atoms with van der Waals surface area (Å²) in [5, 5.41) is 2.81. The van der Waals surface area contributed by atoms with Crippen molar-refractivity contribution < 1.29 is 4.79 Å². The van der Waals surface area contributed by atoms with Crippen molar-refractivity contribution in [3.05, 3.63) is 12.2 Å². The van der Waals surface area contributed by atoms with Crippen LogP contribution in [-0.2, 0) is 4.79 Å². The molecule has 0 aliphatic rings. The molecule has 3 heteroatoms. The predicted octanol–water partition coefficient (Wildman–Crippen LogP) is 0.808. The highest BCUT2D eigenvalue weighted by Crippen LogP contribution is 1.86. The molecule has 0 atom stereocenters. The lowest BCUT2D eigenvalue weighted by Crippen LogP contribution is -2.24. The number of allylic oxidation sites excluding steroid dienone is 1. The second-order valence-corrected chi connectivity index (χ2v) is 2.60. The van der Waals surface area contributed by atoms with Crippen LogP contribution in [0.5, 0.6) is 0 Å². The third-order valence-corrected chi connectivity index (χ3v) is 1.48. The van der Waals surface area contributed by atoms with Gasteiger partial charge in [-0.3, -0.25) is 4.79 Å². The second kappa shape index (κ2) is 8.27. The summed E-state index contributed by atoms with van der Waals surface area (Å²) in [4.78, 5) is 11.0. The van der Waals surface area contributed by atoms with E-state index < -0.39 is 0 Å². The maximum atomic E-state index is 11.0. The molecule has 1 amide bonds. The first-order valence-corrected chi connectivity index (χ1v) is 4.39. The summed E-state index contributed by atoms with van der Waals surface area (Å²) in [6, 6.07) is 0. The molecule has 0 fully saturated rings. The number of hydrogen-bond donors (Lipinski definition) is 2. The van der Waals surface area contributed by atoms with Gasteiger partial charge in [0.2, 0.25) is 5.91 Å². The van der Waals surface area contributed by atoms with Crippen molar-refractivity contribution in [1.29, 1.82) is 0 Å². The van der Waals surface area contributed by atoms with Crippen LogP contribution >= 0.6 is 0 Å². The van der Waals surface area contributed by atoms with E-state index in [1.165, 1.54) is 0 Å². The molecule has 70 valence electrons. The monoisotopic (exact) mass is 170 g/mol. The summed E-state index contributed by atoms with van der Waals surface area (Å²) < 4.78 is 0. The molecule has 3 nitrogen and oxygen atoms in total. The van der Waals surface area contributed by atoms with E-state index >= 15 is 0 Å². The SMILES string of the molecule is C/C=C/CCNC(=O)CCCN. The van der Waals surface area contributed by atoms with Gasteiger partial charge in [0.25, 0.3) is 0 Å². The average molecular weight is 170 g/mol. The Labute approximate surface area is 74.0 Å². The van der Waals surface area contributed by atoms with Gasteiger partial charge in [0.05, 0.1) is 0 Å². The van der Waals surface area contributed by atoms with E-state index in [9.17, 15) is 4.79 Å². The average Bonchev–Trinajstić information content (AvgIpc) is 2.09. The number of carbonyl (C=O) groups is 1. The van der Waals surface area contributed by atoms with Gasteiger partial charge in [0, 0.05) is 13.0 Å². The number of nitrogens with two attached hydrogens (primary N) is 1. The molecule has 0 unspecified atom stereocenters. The largest absolute Gasteiger partial charge is 0.356 e. The molecule has 0 radical (unpaired) electrons. The van der Waals surface area contributed by atoms with E-state index in [2.05, 4.69) is 5.32 Å². The Kier molecular flexibility index (Phi) is 7.70. The summed E-state index contributed by atoms with van der Waals surface area (Å²) in [6.07, 6.45) is 6.24. The van der Waals surface area contributed by atoms with E-state index in [1.807, 2.05) is 19.1 Å². The number of amides is 1. The molecule has 12 heavy (non-hydrogen) atoms. The van der Waals surface area contributed by atoms with Gasteiger partial charge < -0.3 is 11.1 Å². The standard InChI is InChI=1S/C9H18N2O/c1-2-3-4-8-11-9(12)6-5-7-10/h2-3H,4-8,10H2,1H3,(H,11,12)/b3-2+. The molecule has 0 heterocycles. The van der Waals surface area contributed by atoms with E-state index in [1.54, 1.807) is 0 Å². The molecule has 0 rings (SSSR count). The lowest BCUT2D eigenvalue weighted by molar-refractivity contribution is -0.121. The first-order chi connectivity index (χ1) is 5.81. The smallest absolute Gasteiger partial charge is 0.220 e. The molecule has 0 spiro atoms. The van der Waals surface area contributed by atoms with E-state index in [-0.39, 0.29) is 5.91 Å². The molecule has 0 saturated carbocycles. The summed E-state index contributed by atoms with van der Waals surface area (Å²) >= 11 is 0. The number of nitrogens with one attached hydrogen (secondary N) is 1. The normalized spacial score (nSPS) is 10.5. The Hall–Kier alpha value is -0.830. The number of carbonyl (C=O) groups excluding carboxylic acids is 1. The van der Waals surface area contributed by atoms with Gasteiger partial charge in [-0.1, -0.05) is 12.2 Å². The Morgan fingerprint density at radius 3 is 2.92 bits per heavy atom. The second-order valence-electron chi connectivity index (χ2n) is 2.60. The zero-order chi connectivity index (χ0) is 9.23. The van der Waals surface area contributed by atoms with E-state index in [4.69, 9.17) is 5.73 Å². The quantitative estimate of drug-likeness (QED) is 0.458. The summed E-state index contributed by atoms with van der Waals surface area (Å²) in [7, 11) is 0. The maximum absolute atomic E-state index is 11.0. The Morgan fingerprint density at radius 2 is 2.33 bits per heavy atom. The number of hydrogen-bond acceptors (Lipinski definition) is 2. The van der Waals surface area contributed by atoms with Crippen LogP contribution in [0, 0.1) is 0 Å². The van der Waals surface area contributed by atoms with Gasteiger partial charge in [0.1, 0.15) is 0 Å². The van der Waals surface area contributed by atoms with Gasteiger partial charge in [-0.2, -0.15) is 0 Å². The van der Waals surface area contributed by atoms with Crippen molar-refractivity contribution >= 4 is 5.91 Å². The first kappa shape index (κ1) is 11.2. The third kappa shape index (κ3) is 7.28. The highest BCUT2D eigenvalue weighted by molar-refractivity contribution is 5.75. The molecule has 0 saturated heterocycles. The van der Waals surface area contributed by atoms with Gasteiger partial charge in [-0.25, -0.2) is 0 Å². The molecule has 0 bridgehead atoms. The van der Waals surface area contributed by atoms with Crippen LogP contribution in [0.4, 0.5) is 0 Å². The summed E-state index contributed by atoms with van der Waals surface area (Å²) in [5.74, 6) is 0.102. The van der Waals surface area contributed by atoms with Gasteiger partial charge in [0.15, 0.2) is 0 Å². The summed E-state index contributed by atoms with van der Waals surface area (Å²) in [5.41, 5.74) is 5.26. The zero-order valence-corrected chi connectivity index (χ0v) is 7.68. The fraction of sp³-hybridized carbons (Fsp3) is 0.667. The Morgan fingerprint density at radius 1 is 1.58 bits per heavy atom. The van der Waals surface area contributed by atoms with E-state index in [0.29, 0.717) is 13.0 Å². The van der Waals surface area contributed by atoms with E-state index in [0.717, 1.165) is 19.4 Å². The van der Waals surface area contributed by atoms with Crippen molar-refractivity contribution in [3.8, 4) is 0 Å². The fourth-order valence-corrected chi connectivity index (χ4v) is 0.813. The molecular weight excluding hydrogens is 152 g/mol. The van der Waals surface area contributed by atoms with Crippen molar-refractivity contribution in [1.82, 2.24) is 5.32 Å². The van der Waals surface area contributed by atoms with Crippen LogP contribution in [-0.4, -0.2) is 19.0 Å². The lowest BCUT2D eigenvalue weighted by atomic mass is 10.3. The van der Waals surface area contributed by atoms with Crippen LogP contribution in [0.2, 0.25) is 0 Å². The Balaban J connectivity index is 3.19. The molecule has 0 aromatic heterocycles. The third-order valence-electron chi connectivity index (χ3n) is 1.48. The minimum Gasteiger partial charge on any atom is -0.356 e. The topological polar surface area (TPSA) is 55.1 Å². The first-order valence-electron chi connectivity index (χ1n) is 4.39. The van der Waals surface area contributed by atoms with Crippen LogP contribution in [0.25, 0.3) is 0 Å². The molecule has 0 aliphatic carbocycles. The zero-order valence-electron chi connectivity index (χ0n) is 7.68. The summed E-state index contributed by atoms with van der Waals surface area (Å²) in [6.45, 7) is 3.28. The van der Waals surface area contributed by atoms with Crippen LogP contribution in [0.15, 0.2) is 12.2 Å². The van der Waals surface area contributed by atoms with Crippen LogP contribution < -0.4 is 11.1 Å². The lowest BCUT2D eigenvalue weighted by Gasteiger charge is -2.01. The van der Waals surface area contributed by atoms with Gasteiger partial charge >= 0.3 is 0 Å². The molecule has 3 N–H and O–H groups in total. The van der Waals surface area contributed by atoms with Crippen LogP contribution in [0.3, 0.4) is 0 Å². The number of rotatable bonds is 6. The molecule has 0 aromatic carbocycles. The van der Waals surface area contributed by atoms with Crippen molar-refractivity contribution in [2.75, 3.05) is 13.1 Å². The minimum atomic E-state index is 0.102. The maximum Gasteiger partial charge on any atom is 0.220 e. The molecule has 0 aromatic rings. The van der Waals surface area contributed by atoms with Crippen molar-refractivity contribution in [2.24, 2.45) is 5.73 Å². The highest BCUT2D eigenvalue weighted by atomic mass is 16.1. The fourth-order valence-electron chi connectivity index (χ4n) is 0.813. The van der Waals surface area contributed by atoms with Crippen LogP contribution in [0.1, 0.15) is 26.2 Å². The van der Waals surface area contributed by atoms with Crippen molar-refractivity contribution in [3.63, 3.8) is 0 Å². The van der Waals surface area contributed by atoms with Gasteiger partial charge in [-0.05, 0) is 26.3 Å². The van der Waals surface area contributed by atoms with Crippen molar-refractivity contribution in [2.45, 2.75) is 26.2 Å². The minimum absolute atomic E-state index is 0.102. The molecular formula is C9H18N2O.